The lowest BCUT2D eigenvalue weighted by molar-refractivity contribution is 0.182. The van der Waals surface area contributed by atoms with Gasteiger partial charge in [-0.05, 0) is 11.5 Å². The van der Waals surface area contributed by atoms with E-state index in [0.717, 1.165) is 0 Å². The summed E-state index contributed by atoms with van der Waals surface area (Å²) in [6.07, 6.45) is -0.745. The highest BCUT2D eigenvalue weighted by Crippen LogP contribution is 2.11. The summed E-state index contributed by atoms with van der Waals surface area (Å²) in [6.45, 7) is 4.41. The number of benzene rings is 1. The van der Waals surface area contributed by atoms with Crippen molar-refractivity contribution in [2.75, 3.05) is 7.11 Å². The fourth-order valence-corrected chi connectivity index (χ4v) is 0.838. The first-order valence-electron chi connectivity index (χ1n) is 4.46. The first-order valence-corrected chi connectivity index (χ1v) is 4.46. The van der Waals surface area contributed by atoms with Crippen LogP contribution in [-0.4, -0.2) is 13.2 Å². The Hall–Kier alpha value is -1.51. The minimum absolute atomic E-state index is 0.659. The average Bonchev–Trinajstić information content (AvgIpc) is 2.20. The molecule has 2 N–H and O–H groups in total. The summed E-state index contributed by atoms with van der Waals surface area (Å²) in [4.78, 5) is 9.37. The normalized spacial score (nSPS) is 8.86. The van der Waals surface area contributed by atoms with Gasteiger partial charge in [-0.2, -0.15) is 0 Å². The zero-order valence-electron chi connectivity index (χ0n) is 8.86. The van der Waals surface area contributed by atoms with Crippen molar-refractivity contribution in [3.05, 3.63) is 35.9 Å². The molecule has 0 bridgehead atoms. The van der Waals surface area contributed by atoms with Crippen LogP contribution in [0.1, 0.15) is 25.3 Å². The van der Waals surface area contributed by atoms with Gasteiger partial charge in [0.05, 0.1) is 7.11 Å². The molecule has 0 atom stereocenters. The number of nitrogens with two attached hydrogens (primary N) is 1. The fourth-order valence-electron chi connectivity index (χ4n) is 0.838. The van der Waals surface area contributed by atoms with E-state index >= 15 is 0 Å². The van der Waals surface area contributed by atoms with Gasteiger partial charge < -0.3 is 10.5 Å². The van der Waals surface area contributed by atoms with Gasteiger partial charge in [-0.3, -0.25) is 0 Å². The van der Waals surface area contributed by atoms with Crippen LogP contribution in [0.5, 0.6) is 0 Å². The van der Waals surface area contributed by atoms with Gasteiger partial charge in [-0.15, -0.1) is 0 Å². The van der Waals surface area contributed by atoms with E-state index in [-0.39, 0.29) is 0 Å². The minimum Gasteiger partial charge on any atom is -0.453 e. The van der Waals surface area contributed by atoms with Crippen LogP contribution in [-0.2, 0) is 4.74 Å². The van der Waals surface area contributed by atoms with Crippen molar-refractivity contribution < 1.29 is 9.53 Å². The second-order valence-electron chi connectivity index (χ2n) is 3.09. The maximum absolute atomic E-state index is 9.37. The Balaban J connectivity index is 0.000000292. The maximum atomic E-state index is 9.37. The Morgan fingerprint density at radius 3 is 1.93 bits per heavy atom. The van der Waals surface area contributed by atoms with Crippen molar-refractivity contribution >= 4 is 6.09 Å². The molecule has 0 unspecified atom stereocenters. The molecule has 14 heavy (non-hydrogen) atoms. The van der Waals surface area contributed by atoms with Crippen molar-refractivity contribution in [3.63, 3.8) is 0 Å². The molecule has 0 saturated heterocycles. The molecule has 78 valence electrons. The summed E-state index contributed by atoms with van der Waals surface area (Å²) >= 11 is 0. The van der Waals surface area contributed by atoms with Crippen LogP contribution in [0.2, 0.25) is 0 Å². The van der Waals surface area contributed by atoms with E-state index in [0.29, 0.717) is 5.92 Å². The summed E-state index contributed by atoms with van der Waals surface area (Å²) in [5, 5.41) is 0. The van der Waals surface area contributed by atoms with Crippen LogP contribution in [0.4, 0.5) is 4.79 Å². The Morgan fingerprint density at radius 2 is 1.71 bits per heavy atom. The number of hydrogen-bond donors (Lipinski definition) is 1. The number of methoxy groups -OCH3 is 1. The van der Waals surface area contributed by atoms with Crippen molar-refractivity contribution in [1.29, 1.82) is 0 Å². The summed E-state index contributed by atoms with van der Waals surface area (Å²) in [5.41, 5.74) is 5.84. The SMILES string of the molecule is CC(C)c1ccccc1.COC(N)=O. The van der Waals surface area contributed by atoms with Crippen molar-refractivity contribution in [1.82, 2.24) is 0 Å². The van der Waals surface area contributed by atoms with Crippen LogP contribution in [0.3, 0.4) is 0 Å². The molecule has 1 rings (SSSR count). The monoisotopic (exact) mass is 195 g/mol. The van der Waals surface area contributed by atoms with E-state index < -0.39 is 6.09 Å². The molecule has 1 aromatic carbocycles. The van der Waals surface area contributed by atoms with Gasteiger partial charge in [0.25, 0.3) is 0 Å². The molecule has 0 saturated carbocycles. The molecular weight excluding hydrogens is 178 g/mol. The predicted molar refractivity (Wildman–Crippen MR) is 57.1 cm³/mol. The first kappa shape index (κ1) is 12.5. The zero-order valence-corrected chi connectivity index (χ0v) is 8.86. The van der Waals surface area contributed by atoms with Gasteiger partial charge in [0, 0.05) is 0 Å². The van der Waals surface area contributed by atoms with Gasteiger partial charge in [0.15, 0.2) is 0 Å². The lowest BCUT2D eigenvalue weighted by Gasteiger charge is -2.01. The highest BCUT2D eigenvalue weighted by Gasteiger charge is 1.93. The number of rotatable bonds is 1. The highest BCUT2D eigenvalue weighted by molar-refractivity contribution is 5.64. The fraction of sp³-hybridized carbons (Fsp3) is 0.364. The number of carbonyl (C=O) groups excluding carboxylic acids is 1. The smallest absolute Gasteiger partial charge is 0.404 e. The van der Waals surface area contributed by atoms with E-state index in [2.05, 4.69) is 48.6 Å². The maximum Gasteiger partial charge on any atom is 0.404 e. The standard InChI is InChI=1S/C9H12.C2H5NO2/c1-8(2)9-6-4-3-5-7-9;1-5-2(3)4/h3-8H,1-2H3;1H3,(H2,3,4). The lowest BCUT2D eigenvalue weighted by Crippen LogP contribution is -2.08. The molecule has 0 heterocycles. The van der Waals surface area contributed by atoms with Gasteiger partial charge in [0.2, 0.25) is 0 Å². The molecule has 1 aromatic rings. The molecule has 0 aliphatic heterocycles. The summed E-state index contributed by atoms with van der Waals surface area (Å²) < 4.78 is 3.89. The molecule has 1 amide bonds. The minimum atomic E-state index is -0.745. The van der Waals surface area contributed by atoms with Crippen molar-refractivity contribution in [2.45, 2.75) is 19.8 Å². The van der Waals surface area contributed by atoms with Crippen molar-refractivity contribution in [2.24, 2.45) is 5.73 Å². The van der Waals surface area contributed by atoms with E-state index in [4.69, 9.17) is 0 Å². The second-order valence-corrected chi connectivity index (χ2v) is 3.09. The Labute approximate surface area is 84.9 Å². The molecule has 0 spiro atoms. The predicted octanol–water partition coefficient (Wildman–Crippen LogP) is 2.52. The Morgan fingerprint density at radius 1 is 1.29 bits per heavy atom. The topological polar surface area (TPSA) is 52.3 Å². The van der Waals surface area contributed by atoms with E-state index in [1.165, 1.54) is 12.7 Å². The zero-order chi connectivity index (χ0) is 11.0. The van der Waals surface area contributed by atoms with Crippen LogP contribution >= 0.6 is 0 Å². The molecule has 0 radical (unpaired) electrons. The first-order chi connectivity index (χ1) is 6.57. The van der Waals surface area contributed by atoms with Crippen LogP contribution in [0.25, 0.3) is 0 Å². The largest absolute Gasteiger partial charge is 0.453 e. The highest BCUT2D eigenvalue weighted by atomic mass is 16.5. The summed E-state index contributed by atoms with van der Waals surface area (Å²) in [7, 11) is 1.22. The molecule has 0 aliphatic carbocycles. The Bertz CT molecular complexity index is 257. The van der Waals surface area contributed by atoms with Crippen LogP contribution < -0.4 is 5.73 Å². The molecule has 3 nitrogen and oxygen atoms in total. The van der Waals surface area contributed by atoms with E-state index in [9.17, 15) is 4.79 Å². The number of hydrogen-bond acceptors (Lipinski definition) is 2. The summed E-state index contributed by atoms with van der Waals surface area (Å²) in [5.74, 6) is 0.659. The van der Waals surface area contributed by atoms with E-state index in [1.807, 2.05) is 6.07 Å². The molecule has 0 aromatic heterocycles. The summed E-state index contributed by atoms with van der Waals surface area (Å²) in [6, 6.07) is 10.5. The third kappa shape index (κ3) is 6.06. The molecule has 0 aliphatic rings. The molecular formula is C11H17NO2. The third-order valence-corrected chi connectivity index (χ3v) is 1.67. The number of primary amides is 1. The van der Waals surface area contributed by atoms with Gasteiger partial charge >= 0.3 is 6.09 Å². The quantitative estimate of drug-likeness (QED) is 0.748. The molecule has 0 fully saturated rings. The second kappa shape index (κ2) is 6.95. The number of ether oxygens (including phenoxy) is 1. The average molecular weight is 195 g/mol. The van der Waals surface area contributed by atoms with Gasteiger partial charge in [-0.25, -0.2) is 4.79 Å². The number of carbonyl (C=O) groups is 1. The van der Waals surface area contributed by atoms with Gasteiger partial charge in [-0.1, -0.05) is 44.2 Å². The number of amides is 1. The lowest BCUT2D eigenvalue weighted by atomic mass is 10.0. The van der Waals surface area contributed by atoms with Crippen molar-refractivity contribution in [3.8, 4) is 0 Å². The van der Waals surface area contributed by atoms with Crippen LogP contribution in [0, 0.1) is 0 Å². The molecule has 3 heteroatoms. The third-order valence-electron chi connectivity index (χ3n) is 1.67. The Kier molecular flexibility index (Phi) is 6.20. The van der Waals surface area contributed by atoms with Gasteiger partial charge in [0.1, 0.15) is 0 Å². The van der Waals surface area contributed by atoms with Crippen LogP contribution in [0.15, 0.2) is 30.3 Å². The van der Waals surface area contributed by atoms with E-state index in [1.54, 1.807) is 0 Å².